The maximum atomic E-state index is 6.25. The van der Waals surface area contributed by atoms with E-state index in [1.807, 2.05) is 0 Å². The van der Waals surface area contributed by atoms with Gasteiger partial charge in [0.1, 0.15) is 0 Å². The smallest absolute Gasteiger partial charge is 0.274 e. The van der Waals surface area contributed by atoms with Crippen molar-refractivity contribution in [3.8, 4) is 0 Å². The van der Waals surface area contributed by atoms with E-state index in [1.54, 1.807) is 0 Å². The lowest BCUT2D eigenvalue weighted by Gasteiger charge is -2.46. The summed E-state index contributed by atoms with van der Waals surface area (Å²) in [6.07, 6.45) is 6.72. The van der Waals surface area contributed by atoms with Crippen LogP contribution in [0.4, 0.5) is 0 Å². The van der Waals surface area contributed by atoms with E-state index in [2.05, 4.69) is 32.8 Å². The van der Waals surface area contributed by atoms with Crippen LogP contribution in [0.2, 0.25) is 11.1 Å². The zero-order valence-electron chi connectivity index (χ0n) is 10.8. The van der Waals surface area contributed by atoms with Gasteiger partial charge in [0, 0.05) is 6.61 Å². The summed E-state index contributed by atoms with van der Waals surface area (Å²) in [6.45, 7) is 7.65. The molecule has 0 aromatic heterocycles. The third kappa shape index (κ3) is 2.45. The minimum absolute atomic E-state index is 0.821. The SMILES string of the molecule is CCO[Si]1(NC)C(CC)CCCC1CC. The summed E-state index contributed by atoms with van der Waals surface area (Å²) < 4.78 is 6.25. The predicted molar refractivity (Wildman–Crippen MR) is 68.4 cm³/mol. The largest absolute Gasteiger partial charge is 0.403 e. The van der Waals surface area contributed by atoms with Crippen LogP contribution in [0.15, 0.2) is 0 Å². The topological polar surface area (TPSA) is 21.3 Å². The van der Waals surface area contributed by atoms with Crippen molar-refractivity contribution in [2.24, 2.45) is 0 Å². The second-order valence-corrected chi connectivity index (χ2v) is 8.63. The zero-order chi connectivity index (χ0) is 11.3. The Labute approximate surface area is 96.0 Å². The molecule has 1 aliphatic heterocycles. The van der Waals surface area contributed by atoms with Crippen LogP contribution >= 0.6 is 0 Å². The minimum Gasteiger partial charge on any atom is -0.403 e. The average Bonchev–Trinajstić information content (AvgIpc) is 2.29. The summed E-state index contributed by atoms with van der Waals surface area (Å²) in [5.41, 5.74) is 1.64. The number of nitrogens with one attached hydrogen (secondary N) is 1. The van der Waals surface area contributed by atoms with Crippen molar-refractivity contribution in [1.29, 1.82) is 0 Å². The number of hydrogen-bond donors (Lipinski definition) is 1. The monoisotopic (exact) mass is 229 g/mol. The maximum absolute atomic E-state index is 6.25. The van der Waals surface area contributed by atoms with Crippen molar-refractivity contribution in [1.82, 2.24) is 4.98 Å². The Morgan fingerprint density at radius 1 is 1.13 bits per heavy atom. The maximum Gasteiger partial charge on any atom is 0.274 e. The van der Waals surface area contributed by atoms with Gasteiger partial charge in [-0.2, -0.15) is 0 Å². The Hall–Kier alpha value is 0.137. The van der Waals surface area contributed by atoms with Crippen LogP contribution in [0.1, 0.15) is 52.9 Å². The second-order valence-electron chi connectivity index (χ2n) is 4.62. The highest BCUT2D eigenvalue weighted by Crippen LogP contribution is 2.46. The van der Waals surface area contributed by atoms with E-state index in [9.17, 15) is 0 Å². The highest BCUT2D eigenvalue weighted by molar-refractivity contribution is 6.74. The van der Waals surface area contributed by atoms with Gasteiger partial charge in [-0.1, -0.05) is 33.1 Å². The summed E-state index contributed by atoms with van der Waals surface area (Å²) in [4.78, 5) is 3.64. The van der Waals surface area contributed by atoms with Crippen LogP contribution in [0.3, 0.4) is 0 Å². The molecule has 2 atom stereocenters. The molecule has 90 valence electrons. The molecule has 1 N–H and O–H groups in total. The van der Waals surface area contributed by atoms with Crippen molar-refractivity contribution < 1.29 is 4.43 Å². The normalized spacial score (nSPS) is 36.8. The van der Waals surface area contributed by atoms with E-state index in [4.69, 9.17) is 4.43 Å². The fourth-order valence-electron chi connectivity index (χ4n) is 3.34. The third-order valence-corrected chi connectivity index (χ3v) is 9.45. The van der Waals surface area contributed by atoms with Gasteiger partial charge in [0.15, 0.2) is 0 Å². The molecule has 15 heavy (non-hydrogen) atoms. The van der Waals surface area contributed by atoms with Crippen molar-refractivity contribution in [3.63, 3.8) is 0 Å². The standard InChI is InChI=1S/C12H27NOSi/c1-5-11-9-8-10-12(6-2)15(11,13-4)14-7-3/h11-13H,5-10H2,1-4H3. The molecule has 2 unspecified atom stereocenters. The molecule has 0 spiro atoms. The summed E-state index contributed by atoms with van der Waals surface area (Å²) in [6, 6.07) is 0. The van der Waals surface area contributed by atoms with Gasteiger partial charge in [-0.05, 0) is 37.9 Å². The molecule has 2 nitrogen and oxygen atoms in total. The molecule has 3 heteroatoms. The molecular weight excluding hydrogens is 202 g/mol. The van der Waals surface area contributed by atoms with Crippen LogP contribution in [-0.4, -0.2) is 22.1 Å². The minimum atomic E-state index is -1.67. The number of hydrogen-bond acceptors (Lipinski definition) is 2. The van der Waals surface area contributed by atoms with Crippen LogP contribution in [0.25, 0.3) is 0 Å². The van der Waals surface area contributed by atoms with E-state index >= 15 is 0 Å². The van der Waals surface area contributed by atoms with Crippen molar-refractivity contribution in [3.05, 3.63) is 0 Å². The lowest BCUT2D eigenvalue weighted by atomic mass is 10.1. The lowest BCUT2D eigenvalue weighted by Crippen LogP contribution is -2.60. The van der Waals surface area contributed by atoms with Gasteiger partial charge in [-0.25, -0.2) is 0 Å². The van der Waals surface area contributed by atoms with Gasteiger partial charge in [0.05, 0.1) is 0 Å². The molecule has 1 fully saturated rings. The van der Waals surface area contributed by atoms with Crippen molar-refractivity contribution >= 4 is 8.48 Å². The van der Waals surface area contributed by atoms with E-state index in [0.717, 1.165) is 17.7 Å². The second kappa shape index (κ2) is 6.02. The Kier molecular flexibility index (Phi) is 5.30. The van der Waals surface area contributed by atoms with Crippen LogP contribution in [0.5, 0.6) is 0 Å². The Balaban J connectivity index is 2.87. The molecule has 1 rings (SSSR count). The molecule has 0 bridgehead atoms. The van der Waals surface area contributed by atoms with Gasteiger partial charge < -0.3 is 9.41 Å². The van der Waals surface area contributed by atoms with Crippen LogP contribution in [0, 0.1) is 0 Å². The van der Waals surface area contributed by atoms with Crippen molar-refractivity contribution in [2.45, 2.75) is 64.0 Å². The highest BCUT2D eigenvalue weighted by Gasteiger charge is 2.49. The fourth-order valence-corrected chi connectivity index (χ4v) is 8.40. The van der Waals surface area contributed by atoms with Crippen molar-refractivity contribution in [2.75, 3.05) is 13.7 Å². The van der Waals surface area contributed by atoms with E-state index in [1.165, 1.54) is 32.1 Å². The van der Waals surface area contributed by atoms with Gasteiger partial charge in [0.25, 0.3) is 8.48 Å². The molecular formula is C12H27NOSi. The Morgan fingerprint density at radius 3 is 2.00 bits per heavy atom. The summed E-state index contributed by atoms with van der Waals surface area (Å²) in [5.74, 6) is 0. The van der Waals surface area contributed by atoms with Crippen LogP contribution < -0.4 is 4.98 Å². The molecule has 0 aromatic carbocycles. The quantitative estimate of drug-likeness (QED) is 0.729. The first-order valence-electron chi connectivity index (χ1n) is 6.57. The average molecular weight is 229 g/mol. The Morgan fingerprint density at radius 2 is 1.67 bits per heavy atom. The first kappa shape index (κ1) is 13.2. The van der Waals surface area contributed by atoms with E-state index in [-0.39, 0.29) is 0 Å². The molecule has 0 saturated carbocycles. The zero-order valence-corrected chi connectivity index (χ0v) is 11.8. The first-order chi connectivity index (χ1) is 7.25. The number of rotatable bonds is 5. The molecule has 1 heterocycles. The predicted octanol–water partition coefficient (Wildman–Crippen LogP) is 3.43. The van der Waals surface area contributed by atoms with E-state index in [0.29, 0.717) is 0 Å². The van der Waals surface area contributed by atoms with Crippen LogP contribution in [-0.2, 0) is 4.43 Å². The van der Waals surface area contributed by atoms with Gasteiger partial charge in [-0.3, -0.25) is 0 Å². The van der Waals surface area contributed by atoms with Gasteiger partial charge >= 0.3 is 0 Å². The molecule has 0 aromatic rings. The summed E-state index contributed by atoms with van der Waals surface area (Å²) in [7, 11) is 0.458. The van der Waals surface area contributed by atoms with Gasteiger partial charge in [-0.15, -0.1) is 0 Å². The van der Waals surface area contributed by atoms with Gasteiger partial charge in [0.2, 0.25) is 0 Å². The Bertz CT molecular complexity index is 174. The molecule has 0 amide bonds. The summed E-state index contributed by atoms with van der Waals surface area (Å²) >= 11 is 0. The molecule has 1 saturated heterocycles. The molecule has 0 aliphatic carbocycles. The van der Waals surface area contributed by atoms with E-state index < -0.39 is 8.48 Å². The first-order valence-corrected chi connectivity index (χ1v) is 8.64. The fraction of sp³-hybridized carbons (Fsp3) is 1.00. The lowest BCUT2D eigenvalue weighted by molar-refractivity contribution is 0.267. The summed E-state index contributed by atoms with van der Waals surface area (Å²) in [5, 5.41) is 0. The third-order valence-electron chi connectivity index (χ3n) is 4.08. The highest BCUT2D eigenvalue weighted by atomic mass is 28.4. The molecule has 1 aliphatic rings. The molecule has 0 radical (unpaired) electrons.